The Bertz CT molecular complexity index is 576. The van der Waals surface area contributed by atoms with Crippen molar-refractivity contribution in [3.63, 3.8) is 0 Å². The minimum Gasteiger partial charge on any atom is -0.480 e. The summed E-state index contributed by atoms with van der Waals surface area (Å²) in [6.45, 7) is 0.252. The monoisotopic (exact) mass is 325 g/mol. The summed E-state index contributed by atoms with van der Waals surface area (Å²) in [5.74, 6) is -1.24. The Morgan fingerprint density at radius 2 is 2.32 bits per heavy atom. The van der Waals surface area contributed by atoms with E-state index < -0.39 is 21.5 Å². The van der Waals surface area contributed by atoms with Gasteiger partial charge in [-0.1, -0.05) is 11.6 Å². The van der Waals surface area contributed by atoms with Gasteiger partial charge in [-0.25, -0.2) is 8.42 Å². The maximum Gasteiger partial charge on any atom is 0.327 e. The lowest BCUT2D eigenvalue weighted by molar-refractivity contribution is -0.149. The van der Waals surface area contributed by atoms with Crippen LogP contribution in [0.15, 0.2) is 15.7 Å². The third-order valence-corrected chi connectivity index (χ3v) is 6.11. The molecule has 1 aliphatic rings. The summed E-state index contributed by atoms with van der Waals surface area (Å²) >= 11 is 6.62. The minimum atomic E-state index is -3.92. The lowest BCUT2D eigenvalue weighted by Crippen LogP contribution is -2.59. The Morgan fingerprint density at radius 1 is 1.58 bits per heavy atom. The lowest BCUT2D eigenvalue weighted by Gasteiger charge is -2.33. The Balaban J connectivity index is 2.29. The number of hydrogen-bond donors (Lipinski definition) is 2. The lowest BCUT2D eigenvalue weighted by atomic mass is 9.94. The van der Waals surface area contributed by atoms with Crippen LogP contribution in [0.25, 0.3) is 0 Å². The smallest absolute Gasteiger partial charge is 0.327 e. The van der Waals surface area contributed by atoms with Crippen molar-refractivity contribution < 1.29 is 23.1 Å². The second-order valence-corrected chi connectivity index (χ2v) is 7.49. The van der Waals surface area contributed by atoms with Crippen molar-refractivity contribution in [2.45, 2.75) is 22.6 Å². The molecule has 1 atom stereocenters. The quantitative estimate of drug-likeness (QED) is 0.870. The zero-order valence-electron chi connectivity index (χ0n) is 9.76. The summed E-state index contributed by atoms with van der Waals surface area (Å²) in [5, 5.41) is 11.0. The van der Waals surface area contributed by atoms with Crippen LogP contribution in [0.1, 0.15) is 12.8 Å². The predicted molar refractivity (Wildman–Crippen MR) is 70.1 cm³/mol. The summed E-state index contributed by atoms with van der Waals surface area (Å²) in [7, 11) is -3.92. The number of aliphatic carboxylic acids is 1. The fourth-order valence-corrected chi connectivity index (χ4v) is 4.62. The van der Waals surface area contributed by atoms with Gasteiger partial charge in [0.05, 0.1) is 11.6 Å². The van der Waals surface area contributed by atoms with Gasteiger partial charge in [0.1, 0.15) is 4.21 Å². The molecule has 9 heteroatoms. The summed E-state index contributed by atoms with van der Waals surface area (Å²) in [4.78, 5) is 11.4. The molecule has 2 rings (SSSR count). The van der Waals surface area contributed by atoms with E-state index >= 15 is 0 Å². The molecule has 0 bridgehead atoms. The van der Waals surface area contributed by atoms with Crippen molar-refractivity contribution in [2.24, 2.45) is 0 Å². The van der Waals surface area contributed by atoms with Crippen LogP contribution in [0.2, 0.25) is 5.02 Å². The van der Waals surface area contributed by atoms with Crippen molar-refractivity contribution in [2.75, 3.05) is 13.2 Å². The van der Waals surface area contributed by atoms with Gasteiger partial charge in [-0.2, -0.15) is 4.72 Å². The van der Waals surface area contributed by atoms with Gasteiger partial charge in [0.2, 0.25) is 0 Å². The van der Waals surface area contributed by atoms with Crippen molar-refractivity contribution in [3.8, 4) is 0 Å². The van der Waals surface area contributed by atoms with Gasteiger partial charge in [-0.05, 0) is 18.9 Å². The van der Waals surface area contributed by atoms with Crippen LogP contribution in [-0.4, -0.2) is 38.2 Å². The number of rotatable bonds is 4. The van der Waals surface area contributed by atoms with Crippen LogP contribution >= 0.6 is 22.9 Å². The normalized spacial score (nSPS) is 24.3. The number of sulfonamides is 1. The average Bonchev–Trinajstić information content (AvgIpc) is 2.77. The van der Waals surface area contributed by atoms with Gasteiger partial charge in [-0.3, -0.25) is 4.79 Å². The van der Waals surface area contributed by atoms with E-state index in [2.05, 4.69) is 4.72 Å². The third kappa shape index (κ3) is 3.09. The van der Waals surface area contributed by atoms with Gasteiger partial charge in [0, 0.05) is 12.0 Å². The first-order chi connectivity index (χ1) is 8.86. The largest absolute Gasteiger partial charge is 0.480 e. The molecule has 106 valence electrons. The van der Waals surface area contributed by atoms with E-state index in [1.807, 2.05) is 0 Å². The zero-order chi connectivity index (χ0) is 14.1. The molecule has 0 saturated carbocycles. The minimum absolute atomic E-state index is 0.0105. The van der Waals surface area contributed by atoms with Crippen LogP contribution in [-0.2, 0) is 19.6 Å². The SMILES string of the molecule is O=C(O)C1(NS(=O)(=O)c2cc(Cl)cs2)CCCOC1. The van der Waals surface area contributed by atoms with E-state index in [0.717, 1.165) is 11.3 Å². The molecule has 0 aromatic carbocycles. The molecule has 2 heterocycles. The molecule has 1 saturated heterocycles. The number of nitrogens with one attached hydrogen (secondary N) is 1. The van der Waals surface area contributed by atoms with Gasteiger partial charge in [-0.15, -0.1) is 11.3 Å². The van der Waals surface area contributed by atoms with E-state index in [1.165, 1.54) is 11.4 Å². The maximum atomic E-state index is 12.1. The molecule has 0 amide bonds. The van der Waals surface area contributed by atoms with E-state index in [0.29, 0.717) is 18.1 Å². The number of ether oxygens (including phenoxy) is 1. The molecular formula is C10H12ClNO5S2. The Kier molecular flexibility index (Phi) is 4.17. The van der Waals surface area contributed by atoms with Crippen LogP contribution < -0.4 is 4.72 Å². The van der Waals surface area contributed by atoms with Crippen molar-refractivity contribution in [1.82, 2.24) is 4.72 Å². The molecule has 0 radical (unpaired) electrons. The van der Waals surface area contributed by atoms with E-state index in [9.17, 15) is 18.3 Å². The molecule has 0 aliphatic carbocycles. The first-order valence-electron chi connectivity index (χ1n) is 5.45. The van der Waals surface area contributed by atoms with Crippen LogP contribution in [0, 0.1) is 0 Å². The summed E-state index contributed by atoms with van der Waals surface area (Å²) in [5.41, 5.74) is -1.60. The molecule has 6 nitrogen and oxygen atoms in total. The number of hydrogen-bond acceptors (Lipinski definition) is 5. The first-order valence-corrected chi connectivity index (χ1v) is 8.19. The third-order valence-electron chi connectivity index (χ3n) is 2.79. The first kappa shape index (κ1) is 14.7. The molecular weight excluding hydrogens is 314 g/mol. The molecule has 1 aliphatic heterocycles. The standard InChI is InChI=1S/C10H12ClNO5S2/c11-7-4-8(18-5-7)19(15,16)12-10(9(13)14)2-1-3-17-6-10/h4-5,12H,1-3,6H2,(H,13,14). The van der Waals surface area contributed by atoms with Crippen molar-refractivity contribution >= 4 is 38.9 Å². The Labute approximate surface area is 119 Å². The topological polar surface area (TPSA) is 92.7 Å². The molecule has 1 unspecified atom stereocenters. The highest BCUT2D eigenvalue weighted by atomic mass is 35.5. The molecule has 1 fully saturated rings. The van der Waals surface area contributed by atoms with Gasteiger partial charge in [0.25, 0.3) is 10.0 Å². The number of carboxylic acid groups (broad SMARTS) is 1. The van der Waals surface area contributed by atoms with Gasteiger partial charge in [0.15, 0.2) is 5.54 Å². The summed E-state index contributed by atoms with van der Waals surface area (Å²) < 4.78 is 31.6. The van der Waals surface area contributed by atoms with E-state index in [1.54, 1.807) is 0 Å². The van der Waals surface area contributed by atoms with Crippen LogP contribution in [0.3, 0.4) is 0 Å². The molecule has 0 spiro atoms. The average molecular weight is 326 g/mol. The number of thiophene rings is 1. The number of carboxylic acids is 1. The van der Waals surface area contributed by atoms with Crippen molar-refractivity contribution in [3.05, 3.63) is 16.5 Å². The van der Waals surface area contributed by atoms with E-state index in [-0.39, 0.29) is 17.2 Å². The molecule has 19 heavy (non-hydrogen) atoms. The Morgan fingerprint density at radius 3 is 2.79 bits per heavy atom. The summed E-state index contributed by atoms with van der Waals surface area (Å²) in [6.07, 6.45) is 0.681. The summed E-state index contributed by atoms with van der Waals surface area (Å²) in [6, 6.07) is 1.29. The Hall–Kier alpha value is -0.670. The number of carbonyl (C=O) groups is 1. The second kappa shape index (κ2) is 5.37. The van der Waals surface area contributed by atoms with Gasteiger partial charge < -0.3 is 9.84 Å². The fourth-order valence-electron chi connectivity index (χ4n) is 1.83. The fraction of sp³-hybridized carbons (Fsp3) is 0.500. The van der Waals surface area contributed by atoms with Crippen LogP contribution in [0.4, 0.5) is 0 Å². The number of halogens is 1. The van der Waals surface area contributed by atoms with Gasteiger partial charge >= 0.3 is 5.97 Å². The highest BCUT2D eigenvalue weighted by Crippen LogP contribution is 2.27. The molecule has 2 N–H and O–H groups in total. The van der Waals surface area contributed by atoms with Crippen LogP contribution in [0.5, 0.6) is 0 Å². The highest BCUT2D eigenvalue weighted by Gasteiger charge is 2.44. The van der Waals surface area contributed by atoms with E-state index in [4.69, 9.17) is 16.3 Å². The maximum absolute atomic E-state index is 12.1. The zero-order valence-corrected chi connectivity index (χ0v) is 12.1. The molecule has 1 aromatic rings. The predicted octanol–water partition coefficient (Wildman–Crippen LogP) is 1.31. The highest BCUT2D eigenvalue weighted by molar-refractivity contribution is 7.91. The second-order valence-electron chi connectivity index (χ2n) is 4.23. The molecule has 1 aromatic heterocycles. The van der Waals surface area contributed by atoms with Crippen molar-refractivity contribution in [1.29, 1.82) is 0 Å².